The Balaban J connectivity index is 1.87. The Morgan fingerprint density at radius 1 is 1.18 bits per heavy atom. The van der Waals surface area contributed by atoms with Crippen molar-refractivity contribution in [3.8, 4) is 0 Å². The molecule has 7 nitrogen and oxygen atoms in total. The standard InChI is InChI=1S/C24H24F2N2O5/c1-13-12-28(4-5-32-13)22-11-21(29)20-7-15(24(30)31)6-19(23(20)33-22)14(2)27(3)18-9-16(25)8-17(26)10-18/h6-11,13-14H,4-5,12H2,1-3H3,(H,30,31). The van der Waals surface area contributed by atoms with Gasteiger partial charge in [0, 0.05) is 43.5 Å². The molecule has 1 N–H and O–H groups in total. The summed E-state index contributed by atoms with van der Waals surface area (Å²) in [6.45, 7) is 5.23. The third kappa shape index (κ3) is 4.54. The normalized spacial score (nSPS) is 17.2. The summed E-state index contributed by atoms with van der Waals surface area (Å²) < 4.78 is 39.3. The van der Waals surface area contributed by atoms with Crippen LogP contribution >= 0.6 is 0 Å². The van der Waals surface area contributed by atoms with Crippen molar-refractivity contribution in [2.75, 3.05) is 36.5 Å². The molecule has 1 aromatic heterocycles. The monoisotopic (exact) mass is 458 g/mol. The van der Waals surface area contributed by atoms with Crippen LogP contribution in [0.4, 0.5) is 20.4 Å². The van der Waals surface area contributed by atoms with Gasteiger partial charge in [-0.3, -0.25) is 4.79 Å². The van der Waals surface area contributed by atoms with Crippen molar-refractivity contribution in [3.63, 3.8) is 0 Å². The summed E-state index contributed by atoms with van der Waals surface area (Å²) in [6, 6.07) is 6.63. The molecule has 2 aromatic carbocycles. The summed E-state index contributed by atoms with van der Waals surface area (Å²) >= 11 is 0. The Hall–Kier alpha value is -3.46. The molecule has 0 spiro atoms. The molecule has 0 amide bonds. The van der Waals surface area contributed by atoms with Crippen molar-refractivity contribution < 1.29 is 27.8 Å². The molecule has 9 heteroatoms. The van der Waals surface area contributed by atoms with Crippen LogP contribution in [0.2, 0.25) is 0 Å². The lowest BCUT2D eigenvalue weighted by molar-refractivity contribution is 0.0517. The number of rotatable bonds is 5. The van der Waals surface area contributed by atoms with Crippen LogP contribution in [-0.2, 0) is 4.74 Å². The van der Waals surface area contributed by atoms with Crippen LogP contribution in [-0.4, -0.2) is 43.9 Å². The van der Waals surface area contributed by atoms with Gasteiger partial charge in [-0.1, -0.05) is 0 Å². The van der Waals surface area contributed by atoms with Crippen LogP contribution < -0.4 is 15.2 Å². The van der Waals surface area contributed by atoms with Crippen molar-refractivity contribution in [3.05, 3.63) is 69.4 Å². The molecule has 174 valence electrons. The number of halogens is 2. The summed E-state index contributed by atoms with van der Waals surface area (Å²) in [6.07, 6.45) is -0.0402. The first-order valence-electron chi connectivity index (χ1n) is 10.5. The van der Waals surface area contributed by atoms with Crippen LogP contribution in [0.1, 0.15) is 35.8 Å². The molecule has 1 saturated heterocycles. The van der Waals surface area contributed by atoms with E-state index in [-0.39, 0.29) is 33.8 Å². The lowest BCUT2D eigenvalue weighted by Crippen LogP contribution is -2.41. The van der Waals surface area contributed by atoms with Gasteiger partial charge in [0.15, 0.2) is 11.3 Å². The van der Waals surface area contributed by atoms with Gasteiger partial charge in [0.25, 0.3) is 0 Å². The van der Waals surface area contributed by atoms with Gasteiger partial charge >= 0.3 is 5.97 Å². The second kappa shape index (κ2) is 8.82. The average molecular weight is 458 g/mol. The molecule has 0 bridgehead atoms. The number of carbonyl (C=O) groups is 1. The topological polar surface area (TPSA) is 83.2 Å². The fourth-order valence-electron chi connectivity index (χ4n) is 4.06. The van der Waals surface area contributed by atoms with Gasteiger partial charge in [-0.25, -0.2) is 13.6 Å². The first-order chi connectivity index (χ1) is 15.6. The van der Waals surface area contributed by atoms with Crippen molar-refractivity contribution in [1.29, 1.82) is 0 Å². The molecule has 0 saturated carbocycles. The van der Waals surface area contributed by atoms with Crippen LogP contribution in [0.3, 0.4) is 0 Å². The summed E-state index contributed by atoms with van der Waals surface area (Å²) in [5.41, 5.74) is 0.453. The molecule has 2 heterocycles. The average Bonchev–Trinajstić information content (AvgIpc) is 2.76. The van der Waals surface area contributed by atoms with Crippen molar-refractivity contribution in [1.82, 2.24) is 0 Å². The SMILES string of the molecule is CC1CN(c2cc(=O)c3cc(C(=O)O)cc(C(C)N(C)c4cc(F)cc(F)c4)c3o2)CCO1. The maximum absolute atomic E-state index is 13.8. The van der Waals surface area contributed by atoms with E-state index >= 15 is 0 Å². The highest BCUT2D eigenvalue weighted by Crippen LogP contribution is 2.33. The number of carboxylic acids is 1. The van der Waals surface area contributed by atoms with E-state index in [1.54, 1.807) is 18.9 Å². The molecule has 1 fully saturated rings. The molecule has 1 aliphatic rings. The molecule has 2 atom stereocenters. The summed E-state index contributed by atoms with van der Waals surface area (Å²) in [7, 11) is 1.63. The number of carboxylic acid groups (broad SMARTS) is 1. The van der Waals surface area contributed by atoms with Gasteiger partial charge in [-0.15, -0.1) is 0 Å². The largest absolute Gasteiger partial charge is 0.478 e. The Morgan fingerprint density at radius 2 is 1.88 bits per heavy atom. The highest BCUT2D eigenvalue weighted by Gasteiger charge is 2.24. The zero-order valence-corrected chi connectivity index (χ0v) is 18.5. The summed E-state index contributed by atoms with van der Waals surface area (Å²) in [5.74, 6) is -2.30. The number of hydrogen-bond acceptors (Lipinski definition) is 6. The van der Waals surface area contributed by atoms with Gasteiger partial charge in [0.1, 0.15) is 17.2 Å². The van der Waals surface area contributed by atoms with E-state index in [0.717, 1.165) is 6.07 Å². The Labute approximate surface area is 188 Å². The van der Waals surface area contributed by atoms with Crippen LogP contribution in [0.15, 0.2) is 45.6 Å². The quantitative estimate of drug-likeness (QED) is 0.614. The maximum atomic E-state index is 13.8. The van der Waals surface area contributed by atoms with E-state index in [0.29, 0.717) is 31.1 Å². The minimum absolute atomic E-state index is 0.0402. The highest BCUT2D eigenvalue weighted by molar-refractivity contribution is 5.94. The number of anilines is 2. The third-order valence-electron chi connectivity index (χ3n) is 5.93. The molecular formula is C24H24F2N2O5. The van der Waals surface area contributed by atoms with E-state index in [1.165, 1.54) is 30.3 Å². The van der Waals surface area contributed by atoms with E-state index in [4.69, 9.17) is 9.15 Å². The fourth-order valence-corrected chi connectivity index (χ4v) is 4.06. The number of ether oxygens (including phenoxy) is 1. The van der Waals surface area contributed by atoms with Crippen molar-refractivity contribution >= 4 is 28.5 Å². The lowest BCUT2D eigenvalue weighted by Gasteiger charge is -2.32. The number of hydrogen-bond donors (Lipinski definition) is 1. The third-order valence-corrected chi connectivity index (χ3v) is 5.93. The second-order valence-electron chi connectivity index (χ2n) is 8.24. The minimum atomic E-state index is -1.20. The van der Waals surface area contributed by atoms with E-state index in [1.807, 2.05) is 11.8 Å². The predicted molar refractivity (Wildman–Crippen MR) is 120 cm³/mol. The number of fused-ring (bicyclic) bond motifs is 1. The molecule has 3 aromatic rings. The van der Waals surface area contributed by atoms with Crippen LogP contribution in [0.5, 0.6) is 0 Å². The van der Waals surface area contributed by atoms with Crippen LogP contribution in [0, 0.1) is 11.6 Å². The highest BCUT2D eigenvalue weighted by atomic mass is 19.1. The molecule has 0 radical (unpaired) electrons. The Morgan fingerprint density at radius 3 is 2.52 bits per heavy atom. The van der Waals surface area contributed by atoms with Gasteiger partial charge in [0.05, 0.1) is 29.7 Å². The van der Waals surface area contributed by atoms with Crippen LogP contribution in [0.25, 0.3) is 11.0 Å². The Bertz CT molecular complexity index is 1260. The van der Waals surface area contributed by atoms with Crippen molar-refractivity contribution in [2.45, 2.75) is 26.0 Å². The smallest absolute Gasteiger partial charge is 0.335 e. The first kappa shape index (κ1) is 22.7. The molecule has 1 aliphatic heterocycles. The lowest BCUT2D eigenvalue weighted by atomic mass is 9.99. The Kier molecular flexibility index (Phi) is 6.07. The number of aromatic carboxylic acids is 1. The number of nitrogens with zero attached hydrogens (tertiary/aromatic N) is 2. The molecule has 33 heavy (non-hydrogen) atoms. The van der Waals surface area contributed by atoms with Gasteiger partial charge in [-0.2, -0.15) is 0 Å². The summed E-state index contributed by atoms with van der Waals surface area (Å²) in [4.78, 5) is 28.2. The molecule has 2 unspecified atom stereocenters. The van der Waals surface area contributed by atoms with Gasteiger partial charge in [0.2, 0.25) is 0 Å². The van der Waals surface area contributed by atoms with Crippen molar-refractivity contribution in [2.24, 2.45) is 0 Å². The molecule has 4 rings (SSSR count). The van der Waals surface area contributed by atoms with Gasteiger partial charge in [-0.05, 0) is 38.1 Å². The maximum Gasteiger partial charge on any atom is 0.335 e. The predicted octanol–water partition coefficient (Wildman–Crippen LogP) is 4.19. The van der Waals surface area contributed by atoms with E-state index < -0.39 is 23.6 Å². The first-order valence-corrected chi connectivity index (χ1v) is 10.5. The molecular weight excluding hydrogens is 434 g/mol. The number of benzene rings is 2. The molecule has 0 aliphatic carbocycles. The zero-order chi connectivity index (χ0) is 23.9. The number of morpholine rings is 1. The zero-order valence-electron chi connectivity index (χ0n) is 18.5. The van der Waals surface area contributed by atoms with E-state index in [2.05, 4.69) is 0 Å². The fraction of sp³-hybridized carbons (Fsp3) is 0.333. The summed E-state index contributed by atoms with van der Waals surface area (Å²) in [5, 5.41) is 9.72. The van der Waals surface area contributed by atoms with E-state index in [9.17, 15) is 23.5 Å². The second-order valence-corrected chi connectivity index (χ2v) is 8.24. The minimum Gasteiger partial charge on any atom is -0.478 e. The van der Waals surface area contributed by atoms with Gasteiger partial charge < -0.3 is 24.1 Å².